The van der Waals surface area contributed by atoms with E-state index in [9.17, 15) is 30.6 Å². The van der Waals surface area contributed by atoms with Crippen molar-refractivity contribution < 1.29 is 35.4 Å². The van der Waals surface area contributed by atoms with Crippen molar-refractivity contribution in [2.24, 2.45) is 10.8 Å². The number of aliphatic hydroxyl groups excluding tert-OH is 6. The van der Waals surface area contributed by atoms with Crippen molar-refractivity contribution in [3.8, 4) is 0 Å². The number of aliphatic hydroxyl groups is 6. The summed E-state index contributed by atoms with van der Waals surface area (Å²) in [5.41, 5.74) is -2.47. The molecule has 2 unspecified atom stereocenters. The van der Waals surface area contributed by atoms with Gasteiger partial charge < -0.3 is 35.4 Å². The van der Waals surface area contributed by atoms with Gasteiger partial charge in [-0.3, -0.25) is 0 Å². The van der Waals surface area contributed by atoms with Gasteiger partial charge in [-0.1, -0.05) is 142 Å². The molecule has 0 rings (SSSR count). The second-order valence-corrected chi connectivity index (χ2v) is 12.7. The van der Waals surface area contributed by atoms with Crippen LogP contribution in [0.25, 0.3) is 0 Å². The molecule has 0 saturated heterocycles. The fourth-order valence-electron chi connectivity index (χ4n) is 5.78. The quantitative estimate of drug-likeness (QED) is 0.0508. The van der Waals surface area contributed by atoms with E-state index in [2.05, 4.69) is 13.8 Å². The number of hydrogen-bond donors (Lipinski definition) is 6. The van der Waals surface area contributed by atoms with Crippen molar-refractivity contribution in [3.05, 3.63) is 0 Å². The molecule has 2 atom stereocenters. The van der Waals surface area contributed by atoms with E-state index in [-0.39, 0.29) is 0 Å². The van der Waals surface area contributed by atoms with Crippen LogP contribution in [0.1, 0.15) is 155 Å². The highest BCUT2D eigenvalue weighted by Crippen LogP contribution is 2.35. The normalized spacial score (nSPS) is 14.0. The maximum absolute atomic E-state index is 10.2. The van der Waals surface area contributed by atoms with Crippen LogP contribution >= 0.6 is 0 Å². The predicted octanol–water partition coefficient (Wildman–Crippen LogP) is 6.29. The standard InChI is InChI=1S/C34H70O7/c1-3-5-7-9-11-13-15-17-19-21-23-31(33(25-35,26-36)27-37)41-32(34(28-38,29-39)30-40)24-22-20-18-16-14-12-10-8-6-4-2/h31-32,35-40H,3-30H2,1-2H3. The number of ether oxygens (including phenoxy) is 1. The van der Waals surface area contributed by atoms with Gasteiger partial charge in [-0.25, -0.2) is 0 Å². The van der Waals surface area contributed by atoms with Gasteiger partial charge in [0.1, 0.15) is 0 Å². The summed E-state index contributed by atoms with van der Waals surface area (Å²) in [4.78, 5) is 0. The van der Waals surface area contributed by atoms with Gasteiger partial charge in [0.2, 0.25) is 0 Å². The Morgan fingerprint density at radius 1 is 0.366 bits per heavy atom. The summed E-state index contributed by atoms with van der Waals surface area (Å²) in [5.74, 6) is 0. The molecule has 0 aliphatic heterocycles. The molecule has 41 heavy (non-hydrogen) atoms. The Bertz CT molecular complexity index is 475. The predicted molar refractivity (Wildman–Crippen MR) is 169 cm³/mol. The minimum Gasteiger partial charge on any atom is -0.396 e. The van der Waals surface area contributed by atoms with Gasteiger partial charge in [0.25, 0.3) is 0 Å². The highest BCUT2D eigenvalue weighted by atomic mass is 16.5. The van der Waals surface area contributed by atoms with E-state index >= 15 is 0 Å². The minimum absolute atomic E-state index is 0.433. The summed E-state index contributed by atoms with van der Waals surface area (Å²) < 4.78 is 6.53. The minimum atomic E-state index is -1.23. The fourth-order valence-corrected chi connectivity index (χ4v) is 5.78. The summed E-state index contributed by atoms with van der Waals surface area (Å²) >= 11 is 0. The molecule has 0 aliphatic rings. The van der Waals surface area contributed by atoms with Crippen LogP contribution in [0.3, 0.4) is 0 Å². The smallest absolute Gasteiger partial charge is 0.0701 e. The zero-order valence-corrected chi connectivity index (χ0v) is 27.0. The van der Waals surface area contributed by atoms with Crippen molar-refractivity contribution in [2.45, 2.75) is 167 Å². The SMILES string of the molecule is CCCCCCCCCCCCC(OC(CCCCCCCCCCCC)C(CO)(CO)CO)C(CO)(CO)CO. The van der Waals surface area contributed by atoms with E-state index in [0.717, 1.165) is 38.5 Å². The van der Waals surface area contributed by atoms with E-state index in [4.69, 9.17) is 4.74 Å². The molecule has 0 amide bonds. The third-order valence-electron chi connectivity index (χ3n) is 9.22. The van der Waals surface area contributed by atoms with Crippen LogP contribution in [-0.4, -0.2) is 82.5 Å². The molecule has 0 bridgehead atoms. The molecule has 0 aromatic rings. The molecule has 248 valence electrons. The third kappa shape index (κ3) is 17.0. The first-order valence-corrected chi connectivity index (χ1v) is 17.3. The van der Waals surface area contributed by atoms with Crippen LogP contribution in [0.15, 0.2) is 0 Å². The van der Waals surface area contributed by atoms with Gasteiger partial charge in [-0.2, -0.15) is 0 Å². The molecule has 0 radical (unpaired) electrons. The highest BCUT2D eigenvalue weighted by molar-refractivity contribution is 4.92. The molecule has 7 nitrogen and oxygen atoms in total. The van der Waals surface area contributed by atoms with Gasteiger partial charge in [-0.15, -0.1) is 0 Å². The molecular weight excluding hydrogens is 520 g/mol. The molecule has 0 spiro atoms. The molecule has 7 heteroatoms. The Labute approximate surface area is 253 Å². The van der Waals surface area contributed by atoms with Crippen LogP contribution in [0.4, 0.5) is 0 Å². The van der Waals surface area contributed by atoms with Gasteiger partial charge in [-0.05, 0) is 12.8 Å². The molecule has 6 N–H and O–H groups in total. The van der Waals surface area contributed by atoms with Gasteiger partial charge >= 0.3 is 0 Å². The number of unbranched alkanes of at least 4 members (excludes halogenated alkanes) is 18. The Kier molecular flexibility index (Phi) is 27.1. The molecular formula is C34H70O7. The molecule has 0 fully saturated rings. The lowest BCUT2D eigenvalue weighted by molar-refractivity contribution is -0.191. The van der Waals surface area contributed by atoms with Crippen molar-refractivity contribution in [2.75, 3.05) is 39.6 Å². The summed E-state index contributed by atoms with van der Waals surface area (Å²) in [6, 6.07) is 0. The van der Waals surface area contributed by atoms with Gasteiger partial charge in [0.15, 0.2) is 0 Å². The largest absolute Gasteiger partial charge is 0.396 e. The monoisotopic (exact) mass is 591 g/mol. The van der Waals surface area contributed by atoms with Crippen molar-refractivity contribution >= 4 is 0 Å². The number of hydrogen-bond acceptors (Lipinski definition) is 7. The summed E-state index contributed by atoms with van der Waals surface area (Å²) in [5, 5.41) is 61.3. The Morgan fingerprint density at radius 2 is 0.585 bits per heavy atom. The van der Waals surface area contributed by atoms with Crippen molar-refractivity contribution in [1.82, 2.24) is 0 Å². The van der Waals surface area contributed by atoms with Crippen LogP contribution in [0.5, 0.6) is 0 Å². The summed E-state index contributed by atoms with van der Waals surface area (Å²) in [7, 11) is 0. The van der Waals surface area contributed by atoms with Crippen LogP contribution in [-0.2, 0) is 4.74 Å². The first kappa shape index (κ1) is 40.7. The van der Waals surface area contributed by atoms with Crippen molar-refractivity contribution in [1.29, 1.82) is 0 Å². The first-order chi connectivity index (χ1) is 20.0. The van der Waals surface area contributed by atoms with Gasteiger partial charge in [0.05, 0.1) is 62.7 Å². The third-order valence-corrected chi connectivity index (χ3v) is 9.22. The van der Waals surface area contributed by atoms with Gasteiger partial charge in [0, 0.05) is 0 Å². The van der Waals surface area contributed by atoms with E-state index in [1.54, 1.807) is 0 Å². The first-order valence-electron chi connectivity index (χ1n) is 17.3. The second-order valence-electron chi connectivity index (χ2n) is 12.7. The van der Waals surface area contributed by atoms with Crippen LogP contribution < -0.4 is 0 Å². The Hall–Kier alpha value is -0.280. The van der Waals surface area contributed by atoms with Crippen LogP contribution in [0, 0.1) is 10.8 Å². The fraction of sp³-hybridized carbons (Fsp3) is 1.00. The van der Waals surface area contributed by atoms with E-state index in [0.29, 0.717) is 12.8 Å². The number of rotatable bonds is 32. The Balaban J connectivity index is 5.08. The average Bonchev–Trinajstić information content (AvgIpc) is 3.00. The van der Waals surface area contributed by atoms with E-state index in [1.807, 2.05) is 0 Å². The average molecular weight is 591 g/mol. The lowest BCUT2D eigenvalue weighted by Gasteiger charge is -2.43. The molecule has 0 saturated carbocycles. The molecule has 0 heterocycles. The molecule has 0 aromatic heterocycles. The van der Waals surface area contributed by atoms with E-state index < -0.39 is 62.7 Å². The lowest BCUT2D eigenvalue weighted by atomic mass is 9.78. The van der Waals surface area contributed by atoms with Crippen LogP contribution in [0.2, 0.25) is 0 Å². The van der Waals surface area contributed by atoms with E-state index in [1.165, 1.54) is 89.9 Å². The lowest BCUT2D eigenvalue weighted by Crippen LogP contribution is -2.53. The second kappa shape index (κ2) is 27.3. The maximum Gasteiger partial charge on any atom is 0.0701 e. The molecule has 0 aliphatic carbocycles. The summed E-state index contributed by atoms with van der Waals surface area (Å²) in [6.45, 7) is 1.86. The molecule has 0 aromatic carbocycles. The maximum atomic E-state index is 10.2. The Morgan fingerprint density at radius 3 is 0.805 bits per heavy atom. The zero-order chi connectivity index (χ0) is 30.7. The van der Waals surface area contributed by atoms with Crippen molar-refractivity contribution in [3.63, 3.8) is 0 Å². The summed E-state index contributed by atoms with van der Waals surface area (Å²) in [6.07, 6.45) is 23.5. The topological polar surface area (TPSA) is 131 Å². The zero-order valence-electron chi connectivity index (χ0n) is 27.0. The highest BCUT2D eigenvalue weighted by Gasteiger charge is 2.45.